The van der Waals surface area contributed by atoms with Crippen LogP contribution in [0, 0.1) is 6.92 Å². The van der Waals surface area contributed by atoms with E-state index in [1.165, 1.54) is 12.1 Å². The van der Waals surface area contributed by atoms with Gasteiger partial charge in [-0.3, -0.25) is 0 Å². The minimum absolute atomic E-state index is 0.173. The largest absolute Gasteiger partial charge is 0.416 e. The Morgan fingerprint density at radius 3 is 2.39 bits per heavy atom. The Balaban J connectivity index is 2.27. The molecule has 0 unspecified atom stereocenters. The van der Waals surface area contributed by atoms with Gasteiger partial charge in [-0.1, -0.05) is 6.07 Å². The van der Waals surface area contributed by atoms with Crippen molar-refractivity contribution in [2.75, 3.05) is 18.0 Å². The molecule has 0 bridgehead atoms. The first-order chi connectivity index (χ1) is 8.38. The quantitative estimate of drug-likeness (QED) is 0.839. The van der Waals surface area contributed by atoms with Gasteiger partial charge in [0, 0.05) is 24.8 Å². The number of nitrogens with zero attached hydrogens (tertiary/aromatic N) is 1. The highest BCUT2D eigenvalue weighted by molar-refractivity contribution is 5.55. The lowest BCUT2D eigenvalue weighted by Crippen LogP contribution is -2.40. The van der Waals surface area contributed by atoms with Gasteiger partial charge in [-0.15, -0.1) is 0 Å². The normalized spacial score (nSPS) is 18.2. The smallest absolute Gasteiger partial charge is 0.371 e. The van der Waals surface area contributed by atoms with Gasteiger partial charge in [0.1, 0.15) is 0 Å². The van der Waals surface area contributed by atoms with Crippen molar-refractivity contribution < 1.29 is 13.2 Å². The number of anilines is 1. The summed E-state index contributed by atoms with van der Waals surface area (Å²) in [5.41, 5.74) is 6.77. The van der Waals surface area contributed by atoms with E-state index in [0.717, 1.165) is 37.6 Å². The van der Waals surface area contributed by atoms with Gasteiger partial charge in [-0.25, -0.2) is 0 Å². The summed E-state index contributed by atoms with van der Waals surface area (Å²) < 4.78 is 38.1. The Hall–Kier alpha value is -1.23. The van der Waals surface area contributed by atoms with Crippen molar-refractivity contribution in [3.05, 3.63) is 29.3 Å². The summed E-state index contributed by atoms with van der Waals surface area (Å²) >= 11 is 0. The van der Waals surface area contributed by atoms with Crippen LogP contribution < -0.4 is 10.6 Å². The fourth-order valence-electron chi connectivity index (χ4n) is 2.27. The van der Waals surface area contributed by atoms with Gasteiger partial charge in [-0.2, -0.15) is 13.2 Å². The van der Waals surface area contributed by atoms with Crippen LogP contribution in [-0.2, 0) is 6.18 Å². The van der Waals surface area contributed by atoms with Crippen molar-refractivity contribution in [3.8, 4) is 0 Å². The molecule has 1 aliphatic rings. The van der Waals surface area contributed by atoms with Crippen LogP contribution in [0.4, 0.5) is 18.9 Å². The van der Waals surface area contributed by atoms with E-state index in [9.17, 15) is 13.2 Å². The molecule has 1 fully saturated rings. The van der Waals surface area contributed by atoms with Crippen molar-refractivity contribution in [1.29, 1.82) is 0 Å². The van der Waals surface area contributed by atoms with Crippen LogP contribution >= 0.6 is 0 Å². The van der Waals surface area contributed by atoms with E-state index in [2.05, 4.69) is 0 Å². The number of alkyl halides is 3. The molecule has 0 amide bonds. The van der Waals surface area contributed by atoms with E-state index >= 15 is 0 Å². The average molecular weight is 258 g/mol. The zero-order valence-corrected chi connectivity index (χ0v) is 10.3. The van der Waals surface area contributed by atoms with Crippen molar-refractivity contribution in [1.82, 2.24) is 0 Å². The fourth-order valence-corrected chi connectivity index (χ4v) is 2.27. The van der Waals surface area contributed by atoms with E-state index in [0.29, 0.717) is 5.69 Å². The third kappa shape index (κ3) is 2.77. The Labute approximate surface area is 105 Å². The fraction of sp³-hybridized carbons (Fsp3) is 0.538. The summed E-state index contributed by atoms with van der Waals surface area (Å²) in [6, 6.07) is 4.08. The molecule has 0 radical (unpaired) electrons. The van der Waals surface area contributed by atoms with Gasteiger partial charge < -0.3 is 10.6 Å². The first-order valence-electron chi connectivity index (χ1n) is 6.06. The van der Waals surface area contributed by atoms with Crippen molar-refractivity contribution in [2.24, 2.45) is 5.73 Å². The SMILES string of the molecule is Cc1ccc(C(F)(F)F)cc1N1CCC(N)CC1. The standard InChI is InChI=1S/C13H17F3N2/c1-9-2-3-10(13(14,15)16)8-12(9)18-6-4-11(17)5-7-18/h2-3,8,11H,4-7,17H2,1H3. The Kier molecular flexibility index (Phi) is 3.52. The van der Waals surface area contributed by atoms with Gasteiger partial charge in [-0.05, 0) is 37.5 Å². The number of hydrogen-bond acceptors (Lipinski definition) is 2. The van der Waals surface area contributed by atoms with Crippen LogP contribution in [0.1, 0.15) is 24.0 Å². The molecule has 1 aromatic rings. The molecule has 1 aliphatic heterocycles. The Morgan fingerprint density at radius 1 is 1.22 bits per heavy atom. The molecule has 5 heteroatoms. The van der Waals surface area contributed by atoms with Crippen LogP contribution in [-0.4, -0.2) is 19.1 Å². The number of aryl methyl sites for hydroxylation is 1. The van der Waals surface area contributed by atoms with E-state index in [-0.39, 0.29) is 6.04 Å². The molecule has 18 heavy (non-hydrogen) atoms. The first kappa shape index (κ1) is 13.2. The highest BCUT2D eigenvalue weighted by Crippen LogP contribution is 2.34. The summed E-state index contributed by atoms with van der Waals surface area (Å²) in [5, 5.41) is 0. The van der Waals surface area contributed by atoms with Crippen LogP contribution in [0.2, 0.25) is 0 Å². The van der Waals surface area contributed by atoms with E-state index in [1.807, 2.05) is 11.8 Å². The number of hydrogen-bond donors (Lipinski definition) is 1. The molecule has 2 nitrogen and oxygen atoms in total. The zero-order valence-electron chi connectivity index (χ0n) is 10.3. The predicted molar refractivity (Wildman–Crippen MR) is 65.6 cm³/mol. The van der Waals surface area contributed by atoms with E-state index in [1.54, 1.807) is 0 Å². The molecule has 2 rings (SSSR count). The minimum Gasteiger partial charge on any atom is -0.371 e. The molecule has 0 atom stereocenters. The topological polar surface area (TPSA) is 29.3 Å². The monoisotopic (exact) mass is 258 g/mol. The number of halogens is 3. The maximum atomic E-state index is 12.7. The average Bonchev–Trinajstić information content (AvgIpc) is 2.29. The maximum absolute atomic E-state index is 12.7. The summed E-state index contributed by atoms with van der Waals surface area (Å²) in [6.45, 7) is 3.29. The number of piperidine rings is 1. The second-order valence-corrected chi connectivity index (χ2v) is 4.82. The molecule has 2 N–H and O–H groups in total. The van der Waals surface area contributed by atoms with Crippen LogP contribution in [0.15, 0.2) is 18.2 Å². The van der Waals surface area contributed by atoms with Crippen LogP contribution in [0.5, 0.6) is 0 Å². The van der Waals surface area contributed by atoms with Gasteiger partial charge in [0.05, 0.1) is 5.56 Å². The van der Waals surface area contributed by atoms with Gasteiger partial charge in [0.2, 0.25) is 0 Å². The van der Waals surface area contributed by atoms with Crippen LogP contribution in [0.25, 0.3) is 0 Å². The van der Waals surface area contributed by atoms with E-state index < -0.39 is 11.7 Å². The first-order valence-corrected chi connectivity index (χ1v) is 6.06. The zero-order chi connectivity index (χ0) is 13.3. The molecule has 1 saturated heterocycles. The molecule has 0 aliphatic carbocycles. The molecule has 1 aromatic carbocycles. The molecule has 100 valence electrons. The minimum atomic E-state index is -4.28. The maximum Gasteiger partial charge on any atom is 0.416 e. The van der Waals surface area contributed by atoms with Crippen LogP contribution in [0.3, 0.4) is 0 Å². The third-order valence-electron chi connectivity index (χ3n) is 3.42. The van der Waals surface area contributed by atoms with Crippen molar-refractivity contribution in [2.45, 2.75) is 32.0 Å². The van der Waals surface area contributed by atoms with Crippen molar-refractivity contribution in [3.63, 3.8) is 0 Å². The number of nitrogens with two attached hydrogens (primary N) is 1. The molecule has 0 spiro atoms. The summed E-state index contributed by atoms with van der Waals surface area (Å²) in [6.07, 6.45) is -2.62. The second-order valence-electron chi connectivity index (χ2n) is 4.82. The molecule has 0 saturated carbocycles. The summed E-state index contributed by atoms with van der Waals surface area (Å²) in [4.78, 5) is 1.99. The lowest BCUT2D eigenvalue weighted by atomic mass is 10.0. The highest BCUT2D eigenvalue weighted by Gasteiger charge is 2.31. The second kappa shape index (κ2) is 4.80. The summed E-state index contributed by atoms with van der Waals surface area (Å²) in [5.74, 6) is 0. The number of rotatable bonds is 1. The summed E-state index contributed by atoms with van der Waals surface area (Å²) in [7, 11) is 0. The lowest BCUT2D eigenvalue weighted by Gasteiger charge is -2.33. The van der Waals surface area contributed by atoms with Gasteiger partial charge in [0.25, 0.3) is 0 Å². The van der Waals surface area contributed by atoms with Crippen molar-refractivity contribution >= 4 is 5.69 Å². The Morgan fingerprint density at radius 2 is 1.83 bits per heavy atom. The number of benzene rings is 1. The van der Waals surface area contributed by atoms with Gasteiger partial charge >= 0.3 is 6.18 Å². The third-order valence-corrected chi connectivity index (χ3v) is 3.42. The highest BCUT2D eigenvalue weighted by atomic mass is 19.4. The van der Waals surface area contributed by atoms with Gasteiger partial charge in [0.15, 0.2) is 0 Å². The molecular formula is C13H17F3N2. The molecule has 1 heterocycles. The molecule has 0 aromatic heterocycles. The molecular weight excluding hydrogens is 241 g/mol. The Bertz CT molecular complexity index is 421. The lowest BCUT2D eigenvalue weighted by molar-refractivity contribution is -0.137. The predicted octanol–water partition coefficient (Wildman–Crippen LogP) is 2.94. The van der Waals surface area contributed by atoms with E-state index in [4.69, 9.17) is 5.73 Å².